The predicted molar refractivity (Wildman–Crippen MR) is 64.5 cm³/mol. The molecule has 3 heteroatoms. The minimum absolute atomic E-state index is 0.0264. The van der Waals surface area contributed by atoms with Gasteiger partial charge in [-0.2, -0.15) is 0 Å². The number of aliphatic hydroxyl groups is 1. The second-order valence-corrected chi connectivity index (χ2v) is 3.97. The smallest absolute Gasteiger partial charge is 0.136 e. The Morgan fingerprint density at radius 3 is 2.82 bits per heavy atom. The summed E-state index contributed by atoms with van der Waals surface area (Å²) >= 11 is 0. The molecule has 0 aromatic heterocycles. The van der Waals surface area contributed by atoms with E-state index in [4.69, 9.17) is 9.84 Å². The molecule has 0 aliphatic heterocycles. The van der Waals surface area contributed by atoms with Crippen molar-refractivity contribution in [3.8, 4) is 5.75 Å². The van der Waals surface area contributed by atoms with E-state index in [1.807, 2.05) is 24.3 Å². The maximum absolute atomic E-state index is 14.2. The normalized spacial score (nSPS) is 18.4. The molecule has 0 saturated carbocycles. The molecular weight excluding hydrogens is 219 g/mol. The van der Waals surface area contributed by atoms with Gasteiger partial charge in [0.05, 0.1) is 13.7 Å². The lowest BCUT2D eigenvalue weighted by Gasteiger charge is -2.19. The van der Waals surface area contributed by atoms with Gasteiger partial charge in [-0.1, -0.05) is 30.4 Å². The average Bonchev–Trinajstić information content (AvgIpc) is 2.39. The van der Waals surface area contributed by atoms with Crippen molar-refractivity contribution in [1.82, 2.24) is 0 Å². The van der Waals surface area contributed by atoms with E-state index in [2.05, 4.69) is 0 Å². The van der Waals surface area contributed by atoms with E-state index >= 15 is 0 Å². The van der Waals surface area contributed by atoms with E-state index in [0.717, 1.165) is 6.42 Å². The lowest BCUT2D eigenvalue weighted by Crippen LogP contribution is -2.06. The third kappa shape index (κ3) is 2.24. The van der Waals surface area contributed by atoms with Crippen LogP contribution in [0, 0.1) is 5.82 Å². The lowest BCUT2D eigenvalue weighted by molar-refractivity contribution is 0.274. The first-order chi connectivity index (χ1) is 8.27. The number of benzene rings is 1. The summed E-state index contributed by atoms with van der Waals surface area (Å²) in [5.74, 6) is 0.142. The van der Waals surface area contributed by atoms with Crippen molar-refractivity contribution >= 4 is 0 Å². The Morgan fingerprint density at radius 1 is 1.41 bits per heavy atom. The van der Waals surface area contributed by atoms with Crippen LogP contribution in [0.2, 0.25) is 0 Å². The Kier molecular flexibility index (Phi) is 3.59. The molecule has 0 amide bonds. The summed E-state index contributed by atoms with van der Waals surface area (Å²) in [6.45, 7) is -0.297. The van der Waals surface area contributed by atoms with Gasteiger partial charge in [0, 0.05) is 17.0 Å². The minimum Gasteiger partial charge on any atom is -0.496 e. The van der Waals surface area contributed by atoms with Gasteiger partial charge in [0.2, 0.25) is 0 Å². The van der Waals surface area contributed by atoms with Gasteiger partial charge in [0.15, 0.2) is 0 Å². The molecule has 0 bridgehead atoms. The molecule has 17 heavy (non-hydrogen) atoms. The molecule has 0 fully saturated rings. The van der Waals surface area contributed by atoms with Crippen molar-refractivity contribution < 1.29 is 14.2 Å². The molecule has 1 aliphatic carbocycles. The average molecular weight is 234 g/mol. The van der Waals surface area contributed by atoms with Crippen molar-refractivity contribution in [3.05, 3.63) is 53.4 Å². The van der Waals surface area contributed by atoms with E-state index in [0.29, 0.717) is 16.9 Å². The first-order valence-electron chi connectivity index (χ1n) is 5.57. The molecule has 1 aromatic carbocycles. The number of allylic oxidation sites excluding steroid dienone is 4. The Labute approximate surface area is 100 Å². The minimum atomic E-state index is -0.364. The quantitative estimate of drug-likeness (QED) is 0.871. The Morgan fingerprint density at radius 2 is 2.24 bits per heavy atom. The number of ether oxygens (including phenoxy) is 1. The monoisotopic (exact) mass is 234 g/mol. The van der Waals surface area contributed by atoms with Crippen LogP contribution in [0.15, 0.2) is 36.4 Å². The second kappa shape index (κ2) is 5.15. The SMILES string of the molecule is COc1ccc(CO)c(F)c1C1C=CC=CC1. The highest BCUT2D eigenvalue weighted by Crippen LogP contribution is 2.35. The van der Waals surface area contributed by atoms with Gasteiger partial charge in [0.25, 0.3) is 0 Å². The van der Waals surface area contributed by atoms with Crippen LogP contribution in [0.25, 0.3) is 0 Å². The lowest BCUT2D eigenvalue weighted by atomic mass is 9.90. The van der Waals surface area contributed by atoms with Crippen LogP contribution in [0.3, 0.4) is 0 Å². The third-order valence-corrected chi connectivity index (χ3v) is 2.96. The Bertz CT molecular complexity index is 464. The third-order valence-electron chi connectivity index (χ3n) is 2.96. The van der Waals surface area contributed by atoms with Crippen LogP contribution in [0.1, 0.15) is 23.5 Å². The fourth-order valence-electron chi connectivity index (χ4n) is 2.06. The van der Waals surface area contributed by atoms with Crippen molar-refractivity contribution in [3.63, 3.8) is 0 Å². The summed E-state index contributed by atoms with van der Waals surface area (Å²) in [6, 6.07) is 3.26. The summed E-state index contributed by atoms with van der Waals surface area (Å²) in [5, 5.41) is 9.09. The first-order valence-corrected chi connectivity index (χ1v) is 5.57. The van der Waals surface area contributed by atoms with Crippen LogP contribution in [0.4, 0.5) is 4.39 Å². The van der Waals surface area contributed by atoms with Crippen LogP contribution in [-0.2, 0) is 6.61 Å². The molecule has 1 N–H and O–H groups in total. The van der Waals surface area contributed by atoms with Gasteiger partial charge in [-0.15, -0.1) is 0 Å². The highest BCUT2D eigenvalue weighted by molar-refractivity contribution is 5.44. The molecule has 0 radical (unpaired) electrons. The van der Waals surface area contributed by atoms with Crippen LogP contribution >= 0.6 is 0 Å². The highest BCUT2D eigenvalue weighted by atomic mass is 19.1. The van der Waals surface area contributed by atoms with Crippen LogP contribution in [-0.4, -0.2) is 12.2 Å². The molecule has 0 heterocycles. The van der Waals surface area contributed by atoms with Crippen molar-refractivity contribution in [1.29, 1.82) is 0 Å². The van der Waals surface area contributed by atoms with Crippen molar-refractivity contribution in [2.24, 2.45) is 0 Å². The van der Waals surface area contributed by atoms with Gasteiger partial charge in [-0.05, 0) is 12.5 Å². The van der Waals surface area contributed by atoms with Crippen molar-refractivity contribution in [2.75, 3.05) is 7.11 Å². The van der Waals surface area contributed by atoms with Gasteiger partial charge < -0.3 is 9.84 Å². The molecule has 90 valence electrons. The number of methoxy groups -OCH3 is 1. The van der Waals surface area contributed by atoms with Crippen LogP contribution in [0.5, 0.6) is 5.75 Å². The van der Waals surface area contributed by atoms with Gasteiger partial charge in [0.1, 0.15) is 11.6 Å². The molecule has 0 spiro atoms. The van der Waals surface area contributed by atoms with E-state index in [1.54, 1.807) is 12.1 Å². The number of hydrogen-bond donors (Lipinski definition) is 1. The molecule has 0 saturated heterocycles. The zero-order valence-corrected chi connectivity index (χ0v) is 9.69. The molecule has 1 atom stereocenters. The van der Waals surface area contributed by atoms with Gasteiger partial charge in [-0.3, -0.25) is 0 Å². The zero-order chi connectivity index (χ0) is 12.3. The highest BCUT2D eigenvalue weighted by Gasteiger charge is 2.20. The summed E-state index contributed by atoms with van der Waals surface area (Å²) < 4.78 is 19.4. The Balaban J connectivity index is 2.49. The van der Waals surface area contributed by atoms with E-state index < -0.39 is 0 Å². The van der Waals surface area contributed by atoms with Crippen LogP contribution < -0.4 is 4.74 Å². The standard InChI is InChI=1S/C14H15FO2/c1-17-12-8-7-11(9-16)14(15)13(12)10-5-3-2-4-6-10/h2-5,7-8,10,16H,6,9H2,1H3. The fourth-order valence-corrected chi connectivity index (χ4v) is 2.06. The number of hydrogen-bond acceptors (Lipinski definition) is 2. The van der Waals surface area contributed by atoms with Gasteiger partial charge >= 0.3 is 0 Å². The Hall–Kier alpha value is -1.61. The second-order valence-electron chi connectivity index (χ2n) is 3.97. The van der Waals surface area contributed by atoms with E-state index in [-0.39, 0.29) is 18.3 Å². The molecule has 2 rings (SSSR count). The summed E-state index contributed by atoms with van der Waals surface area (Å²) in [7, 11) is 1.53. The number of rotatable bonds is 3. The van der Waals surface area contributed by atoms with Crippen molar-refractivity contribution in [2.45, 2.75) is 18.9 Å². The zero-order valence-electron chi connectivity index (χ0n) is 9.69. The summed E-state index contributed by atoms with van der Waals surface area (Å²) in [5.41, 5.74) is 0.836. The molecule has 1 unspecified atom stereocenters. The van der Waals surface area contributed by atoms with E-state index in [1.165, 1.54) is 7.11 Å². The fraction of sp³-hybridized carbons (Fsp3) is 0.286. The topological polar surface area (TPSA) is 29.5 Å². The first kappa shape index (κ1) is 11.9. The molecule has 2 nitrogen and oxygen atoms in total. The molecule has 1 aromatic rings. The maximum Gasteiger partial charge on any atom is 0.136 e. The number of aliphatic hydroxyl groups excluding tert-OH is 1. The summed E-state index contributed by atoms with van der Waals surface area (Å²) in [6.07, 6.45) is 8.53. The summed E-state index contributed by atoms with van der Waals surface area (Å²) in [4.78, 5) is 0. The largest absolute Gasteiger partial charge is 0.496 e. The maximum atomic E-state index is 14.2. The number of halogens is 1. The van der Waals surface area contributed by atoms with Gasteiger partial charge in [-0.25, -0.2) is 4.39 Å². The molecular formula is C14H15FO2. The predicted octanol–water partition coefficient (Wildman–Crippen LogP) is 2.93. The van der Waals surface area contributed by atoms with E-state index in [9.17, 15) is 4.39 Å². The molecule has 1 aliphatic rings.